The number of nitrogens with one attached hydrogen (secondary N) is 1. The summed E-state index contributed by atoms with van der Waals surface area (Å²) in [6, 6.07) is 7.55. The average Bonchev–Trinajstić information content (AvgIpc) is 3.12. The maximum absolute atomic E-state index is 12.9. The van der Waals surface area contributed by atoms with E-state index in [0.717, 1.165) is 12.8 Å². The zero-order valence-corrected chi connectivity index (χ0v) is 14.7. The van der Waals surface area contributed by atoms with E-state index < -0.39 is 10.0 Å². The molecule has 0 bridgehead atoms. The highest BCUT2D eigenvalue weighted by Crippen LogP contribution is 2.25. The van der Waals surface area contributed by atoms with Crippen molar-refractivity contribution in [2.45, 2.75) is 23.8 Å². The number of hydrogen-bond acceptors (Lipinski definition) is 5. The van der Waals surface area contributed by atoms with E-state index in [1.807, 2.05) is 31.3 Å². The van der Waals surface area contributed by atoms with Gasteiger partial charge < -0.3 is 10.1 Å². The Morgan fingerprint density at radius 3 is 2.88 bits per heavy atom. The van der Waals surface area contributed by atoms with E-state index in [0.29, 0.717) is 24.5 Å². The standard InChI is InChI=1S/C16H22N4O3S/c1-17-13-6-5-9-19(11-13)24(21,22)14-10-18-20(12-14)15-7-3-4-8-16(15)23-2/h3-4,7-8,10,12-13,17H,5-6,9,11H2,1-2H3. The minimum atomic E-state index is -3.54. The molecule has 24 heavy (non-hydrogen) atoms. The van der Waals surface area contributed by atoms with Crippen LogP contribution in [-0.2, 0) is 10.0 Å². The van der Waals surface area contributed by atoms with Gasteiger partial charge >= 0.3 is 0 Å². The van der Waals surface area contributed by atoms with Gasteiger partial charge in [-0.1, -0.05) is 12.1 Å². The molecule has 130 valence electrons. The van der Waals surface area contributed by atoms with E-state index >= 15 is 0 Å². The van der Waals surface area contributed by atoms with Gasteiger partial charge in [-0.15, -0.1) is 0 Å². The second-order valence-electron chi connectivity index (χ2n) is 5.78. The molecule has 2 aromatic rings. The third-order valence-corrected chi connectivity index (χ3v) is 6.14. The Bertz CT molecular complexity index is 803. The summed E-state index contributed by atoms with van der Waals surface area (Å²) in [6.07, 6.45) is 4.77. The van der Waals surface area contributed by atoms with Crippen LogP contribution in [0.4, 0.5) is 0 Å². The Morgan fingerprint density at radius 1 is 1.33 bits per heavy atom. The van der Waals surface area contributed by atoms with Gasteiger partial charge in [-0.05, 0) is 32.0 Å². The Morgan fingerprint density at radius 2 is 2.12 bits per heavy atom. The summed E-state index contributed by atoms with van der Waals surface area (Å²) < 4.78 is 34.1. The first kappa shape index (κ1) is 16.9. The lowest BCUT2D eigenvalue weighted by molar-refractivity contribution is 0.293. The SMILES string of the molecule is CNC1CCCN(S(=O)(=O)c2cnn(-c3ccccc3OC)c2)C1. The predicted octanol–water partition coefficient (Wildman–Crippen LogP) is 1.25. The van der Waals surface area contributed by atoms with Crippen LogP contribution >= 0.6 is 0 Å². The number of sulfonamides is 1. The summed E-state index contributed by atoms with van der Waals surface area (Å²) in [7, 11) is -0.106. The third kappa shape index (κ3) is 3.17. The molecule has 1 atom stereocenters. The monoisotopic (exact) mass is 350 g/mol. The van der Waals surface area contributed by atoms with Crippen LogP contribution in [0.3, 0.4) is 0 Å². The fourth-order valence-electron chi connectivity index (χ4n) is 2.94. The van der Waals surface area contributed by atoms with E-state index in [-0.39, 0.29) is 10.9 Å². The molecule has 8 heteroatoms. The average molecular weight is 350 g/mol. The van der Waals surface area contributed by atoms with Gasteiger partial charge in [0.15, 0.2) is 0 Å². The molecule has 0 spiro atoms. The Hall–Kier alpha value is -1.90. The number of para-hydroxylation sites is 2. The van der Waals surface area contributed by atoms with Crippen LogP contribution in [0.2, 0.25) is 0 Å². The van der Waals surface area contributed by atoms with Crippen molar-refractivity contribution < 1.29 is 13.2 Å². The van der Waals surface area contributed by atoms with Crippen molar-refractivity contribution in [3.05, 3.63) is 36.7 Å². The lowest BCUT2D eigenvalue weighted by Crippen LogP contribution is -2.46. The van der Waals surface area contributed by atoms with Crippen molar-refractivity contribution in [2.75, 3.05) is 27.2 Å². The molecule has 0 radical (unpaired) electrons. The summed E-state index contributed by atoms with van der Waals surface area (Å²) in [5.41, 5.74) is 0.702. The molecule has 2 heterocycles. The number of ether oxygens (including phenoxy) is 1. The first-order valence-corrected chi connectivity index (χ1v) is 9.35. The number of nitrogens with zero attached hydrogens (tertiary/aromatic N) is 3. The summed E-state index contributed by atoms with van der Waals surface area (Å²) in [4.78, 5) is 0.199. The second-order valence-corrected chi connectivity index (χ2v) is 7.72. The van der Waals surface area contributed by atoms with Gasteiger partial charge in [0.2, 0.25) is 10.0 Å². The minimum Gasteiger partial charge on any atom is -0.494 e. The van der Waals surface area contributed by atoms with Crippen LogP contribution in [-0.4, -0.2) is 55.8 Å². The maximum atomic E-state index is 12.9. The molecule has 1 aromatic heterocycles. The van der Waals surface area contributed by atoms with Crippen LogP contribution in [0.25, 0.3) is 5.69 Å². The highest BCUT2D eigenvalue weighted by molar-refractivity contribution is 7.89. The number of likely N-dealkylation sites (N-methyl/N-ethyl adjacent to an activating group) is 1. The number of methoxy groups -OCH3 is 1. The quantitative estimate of drug-likeness (QED) is 0.878. The molecular weight excluding hydrogens is 328 g/mol. The zero-order valence-electron chi connectivity index (χ0n) is 13.8. The number of rotatable bonds is 5. The summed E-state index contributed by atoms with van der Waals surface area (Å²) in [6.45, 7) is 1.03. The smallest absolute Gasteiger partial charge is 0.246 e. The van der Waals surface area contributed by atoms with Crippen LogP contribution in [0.1, 0.15) is 12.8 Å². The number of hydrogen-bond donors (Lipinski definition) is 1. The fourth-order valence-corrected chi connectivity index (χ4v) is 4.39. The van der Waals surface area contributed by atoms with Gasteiger partial charge in [0.25, 0.3) is 0 Å². The van der Waals surface area contributed by atoms with E-state index in [9.17, 15) is 8.42 Å². The van der Waals surface area contributed by atoms with Crippen LogP contribution < -0.4 is 10.1 Å². The largest absolute Gasteiger partial charge is 0.494 e. The topological polar surface area (TPSA) is 76.5 Å². The van der Waals surface area contributed by atoms with Crippen molar-refractivity contribution in [3.63, 3.8) is 0 Å². The second kappa shape index (κ2) is 6.92. The molecule has 1 N–H and O–H groups in total. The highest BCUT2D eigenvalue weighted by atomic mass is 32.2. The fraction of sp³-hybridized carbons (Fsp3) is 0.438. The zero-order chi connectivity index (χ0) is 17.2. The van der Waals surface area contributed by atoms with Gasteiger partial charge in [-0.25, -0.2) is 13.1 Å². The van der Waals surface area contributed by atoms with Gasteiger partial charge in [0.1, 0.15) is 16.3 Å². The van der Waals surface area contributed by atoms with Crippen molar-refractivity contribution in [2.24, 2.45) is 0 Å². The van der Waals surface area contributed by atoms with Crippen molar-refractivity contribution in [1.82, 2.24) is 19.4 Å². The van der Waals surface area contributed by atoms with Crippen LogP contribution in [0.5, 0.6) is 5.75 Å². The molecule has 0 amide bonds. The van der Waals surface area contributed by atoms with E-state index in [1.165, 1.54) is 21.4 Å². The van der Waals surface area contributed by atoms with Crippen molar-refractivity contribution in [3.8, 4) is 11.4 Å². The summed E-state index contributed by atoms with van der Waals surface area (Å²) >= 11 is 0. The molecule has 3 rings (SSSR count). The lowest BCUT2D eigenvalue weighted by atomic mass is 10.1. The van der Waals surface area contributed by atoms with Crippen molar-refractivity contribution in [1.29, 1.82) is 0 Å². The molecule has 1 saturated heterocycles. The van der Waals surface area contributed by atoms with E-state index in [4.69, 9.17) is 4.74 Å². The highest BCUT2D eigenvalue weighted by Gasteiger charge is 2.30. The van der Waals surface area contributed by atoms with E-state index in [2.05, 4.69) is 10.4 Å². The van der Waals surface area contributed by atoms with Gasteiger partial charge in [0, 0.05) is 19.1 Å². The molecule has 0 aliphatic carbocycles. The number of piperidine rings is 1. The maximum Gasteiger partial charge on any atom is 0.246 e. The Labute approximate surface area is 142 Å². The Kier molecular flexibility index (Phi) is 4.88. The first-order chi connectivity index (χ1) is 11.6. The van der Waals surface area contributed by atoms with Crippen LogP contribution in [0, 0.1) is 0 Å². The van der Waals surface area contributed by atoms with E-state index in [1.54, 1.807) is 7.11 Å². The molecule has 1 aliphatic heterocycles. The molecule has 1 aliphatic rings. The predicted molar refractivity (Wildman–Crippen MR) is 91.0 cm³/mol. The number of benzene rings is 1. The number of aromatic nitrogens is 2. The van der Waals surface area contributed by atoms with Gasteiger partial charge in [-0.2, -0.15) is 9.40 Å². The summed E-state index contributed by atoms with van der Waals surface area (Å²) in [5.74, 6) is 0.637. The summed E-state index contributed by atoms with van der Waals surface area (Å²) in [5, 5.41) is 7.37. The molecule has 0 saturated carbocycles. The normalized spacial score (nSPS) is 19.3. The molecular formula is C16H22N4O3S. The molecule has 1 unspecified atom stereocenters. The molecule has 1 fully saturated rings. The van der Waals surface area contributed by atoms with Gasteiger partial charge in [-0.3, -0.25) is 0 Å². The molecule has 1 aromatic carbocycles. The minimum absolute atomic E-state index is 0.192. The van der Waals surface area contributed by atoms with Gasteiger partial charge in [0.05, 0.1) is 19.5 Å². The van der Waals surface area contributed by atoms with Crippen LogP contribution in [0.15, 0.2) is 41.6 Å². The van der Waals surface area contributed by atoms with Crippen molar-refractivity contribution >= 4 is 10.0 Å². The third-order valence-electron chi connectivity index (χ3n) is 4.32. The first-order valence-electron chi connectivity index (χ1n) is 7.91. The Balaban J connectivity index is 1.89. The lowest BCUT2D eigenvalue weighted by Gasteiger charge is -2.31. The molecule has 7 nitrogen and oxygen atoms in total.